The summed E-state index contributed by atoms with van der Waals surface area (Å²) in [6, 6.07) is 19.0. The minimum absolute atomic E-state index is 0.00561. The molecule has 0 aliphatic carbocycles. The fourth-order valence-corrected chi connectivity index (χ4v) is 3.34. The van der Waals surface area contributed by atoms with E-state index in [0.717, 1.165) is 22.0 Å². The fraction of sp³-hybridized carbons (Fsp3) is 0.292. The third-order valence-electron chi connectivity index (χ3n) is 4.88. The summed E-state index contributed by atoms with van der Waals surface area (Å²) in [4.78, 5) is 29.5. The first-order chi connectivity index (χ1) is 14.0. The zero-order chi connectivity index (χ0) is 20.6. The average Bonchev–Trinajstić information content (AvgIpc) is 2.72. The van der Waals surface area contributed by atoms with Crippen molar-refractivity contribution < 1.29 is 9.59 Å². The number of hydrogen-bond donors (Lipinski definition) is 2. The molecular weight excluding hydrogens is 362 g/mol. The number of nitrogens with zero attached hydrogens (tertiary/aromatic N) is 1. The summed E-state index contributed by atoms with van der Waals surface area (Å²) in [5.74, 6) is -0.313. The number of amides is 2. The summed E-state index contributed by atoms with van der Waals surface area (Å²) in [5.41, 5.74) is 2.98. The number of carbonyl (C=O) groups excluding carboxylic acids is 2. The van der Waals surface area contributed by atoms with E-state index < -0.39 is 6.04 Å². The molecule has 0 fully saturated rings. The summed E-state index contributed by atoms with van der Waals surface area (Å²) in [5, 5.41) is 6.93. The zero-order valence-corrected chi connectivity index (χ0v) is 16.9. The summed E-state index contributed by atoms with van der Waals surface area (Å²) < 4.78 is 0. The third-order valence-corrected chi connectivity index (χ3v) is 4.88. The van der Waals surface area contributed by atoms with Gasteiger partial charge in [0, 0.05) is 18.1 Å². The van der Waals surface area contributed by atoms with Gasteiger partial charge in [-0.15, -0.1) is 0 Å². The Morgan fingerprint density at radius 2 is 1.72 bits per heavy atom. The molecule has 1 heterocycles. The monoisotopic (exact) mass is 389 g/mol. The first-order valence-corrected chi connectivity index (χ1v) is 9.98. The normalized spacial score (nSPS) is 12.0. The van der Waals surface area contributed by atoms with Gasteiger partial charge in [0.2, 0.25) is 11.8 Å². The van der Waals surface area contributed by atoms with Crippen LogP contribution in [0.5, 0.6) is 0 Å². The van der Waals surface area contributed by atoms with Gasteiger partial charge in [-0.2, -0.15) is 0 Å². The van der Waals surface area contributed by atoms with Crippen molar-refractivity contribution >= 4 is 22.7 Å². The number of rotatable bonds is 8. The maximum absolute atomic E-state index is 12.7. The van der Waals surface area contributed by atoms with Crippen molar-refractivity contribution in [3.63, 3.8) is 0 Å². The van der Waals surface area contributed by atoms with Crippen molar-refractivity contribution in [3.05, 3.63) is 78.0 Å². The lowest BCUT2D eigenvalue weighted by Crippen LogP contribution is -2.50. The maximum Gasteiger partial charge on any atom is 0.242 e. The van der Waals surface area contributed by atoms with Crippen molar-refractivity contribution in [2.24, 2.45) is 5.92 Å². The van der Waals surface area contributed by atoms with Crippen molar-refractivity contribution in [2.45, 2.75) is 32.7 Å². The van der Waals surface area contributed by atoms with Crippen LogP contribution in [0.4, 0.5) is 0 Å². The Morgan fingerprint density at radius 1 is 0.966 bits per heavy atom. The van der Waals surface area contributed by atoms with Gasteiger partial charge >= 0.3 is 0 Å². The topological polar surface area (TPSA) is 71.1 Å². The largest absolute Gasteiger partial charge is 0.354 e. The average molecular weight is 389 g/mol. The highest BCUT2D eigenvalue weighted by molar-refractivity contribution is 5.88. The van der Waals surface area contributed by atoms with Crippen LogP contribution in [0.15, 0.2) is 66.9 Å². The molecule has 0 saturated heterocycles. The second kappa shape index (κ2) is 9.82. The Balaban J connectivity index is 1.56. The molecule has 0 aliphatic rings. The van der Waals surface area contributed by atoms with Crippen LogP contribution < -0.4 is 10.6 Å². The lowest BCUT2D eigenvalue weighted by molar-refractivity contribution is -0.129. The Kier molecular flexibility index (Phi) is 6.95. The van der Waals surface area contributed by atoms with Crippen molar-refractivity contribution in [3.8, 4) is 0 Å². The molecule has 0 radical (unpaired) electrons. The molecule has 29 heavy (non-hydrogen) atoms. The predicted octanol–water partition coefficient (Wildman–Crippen LogP) is 3.28. The number of carbonyl (C=O) groups is 2. The lowest BCUT2D eigenvalue weighted by atomic mass is 10.0. The molecule has 5 nitrogen and oxygen atoms in total. The van der Waals surface area contributed by atoms with E-state index in [4.69, 9.17) is 0 Å². The van der Waals surface area contributed by atoms with Gasteiger partial charge in [0.25, 0.3) is 0 Å². The van der Waals surface area contributed by atoms with E-state index in [1.54, 1.807) is 6.20 Å². The van der Waals surface area contributed by atoms with Gasteiger partial charge in [0.1, 0.15) is 6.04 Å². The molecular formula is C24H27N3O2. The standard InChI is InChI=1S/C24H27N3O2/c1-17(2)22(27-21(28)16-18-8-4-3-5-9-18)24(29)26-15-13-20-11-6-10-19-12-7-14-25-23(19)20/h3-12,14,17,22H,13,15-16H2,1-2H3,(H,26,29)(H,27,28)/t22-/m1/s1. The first-order valence-electron chi connectivity index (χ1n) is 9.98. The highest BCUT2D eigenvalue weighted by atomic mass is 16.2. The van der Waals surface area contributed by atoms with Crippen molar-refractivity contribution in [1.29, 1.82) is 0 Å². The van der Waals surface area contributed by atoms with E-state index in [2.05, 4.69) is 15.6 Å². The highest BCUT2D eigenvalue weighted by Gasteiger charge is 2.23. The van der Waals surface area contributed by atoms with Gasteiger partial charge in [-0.1, -0.05) is 68.4 Å². The van der Waals surface area contributed by atoms with Crippen LogP contribution in [-0.2, 0) is 22.4 Å². The lowest BCUT2D eigenvalue weighted by Gasteiger charge is -2.22. The van der Waals surface area contributed by atoms with Gasteiger partial charge in [-0.05, 0) is 29.5 Å². The molecule has 1 aromatic heterocycles. The summed E-state index contributed by atoms with van der Waals surface area (Å²) >= 11 is 0. The Hall–Kier alpha value is -3.21. The molecule has 0 unspecified atom stereocenters. The molecule has 1 atom stereocenters. The number of pyridine rings is 1. The zero-order valence-electron chi connectivity index (χ0n) is 16.9. The van der Waals surface area contributed by atoms with E-state index >= 15 is 0 Å². The van der Waals surface area contributed by atoms with Gasteiger partial charge in [-0.3, -0.25) is 14.6 Å². The summed E-state index contributed by atoms with van der Waals surface area (Å²) in [7, 11) is 0. The number of benzene rings is 2. The van der Waals surface area contributed by atoms with Crippen molar-refractivity contribution in [2.75, 3.05) is 6.54 Å². The van der Waals surface area contributed by atoms with E-state index in [1.165, 1.54) is 0 Å². The van der Waals surface area contributed by atoms with E-state index in [-0.39, 0.29) is 24.2 Å². The van der Waals surface area contributed by atoms with Gasteiger partial charge < -0.3 is 10.6 Å². The molecule has 3 aromatic rings. The molecule has 0 saturated carbocycles. The summed E-state index contributed by atoms with van der Waals surface area (Å²) in [6.07, 6.45) is 2.73. The second-order valence-corrected chi connectivity index (χ2v) is 7.48. The fourth-order valence-electron chi connectivity index (χ4n) is 3.34. The Bertz CT molecular complexity index is 965. The second-order valence-electron chi connectivity index (χ2n) is 7.48. The molecule has 2 aromatic carbocycles. The van der Waals surface area contributed by atoms with Crippen LogP contribution in [0, 0.1) is 5.92 Å². The summed E-state index contributed by atoms with van der Waals surface area (Å²) in [6.45, 7) is 4.36. The quantitative estimate of drug-likeness (QED) is 0.621. The van der Waals surface area contributed by atoms with E-state index in [1.807, 2.05) is 74.5 Å². The van der Waals surface area contributed by atoms with Gasteiger partial charge in [0.15, 0.2) is 0 Å². The molecule has 0 spiro atoms. The maximum atomic E-state index is 12.7. The molecule has 5 heteroatoms. The number of fused-ring (bicyclic) bond motifs is 1. The number of hydrogen-bond acceptors (Lipinski definition) is 3. The van der Waals surface area contributed by atoms with Crippen LogP contribution >= 0.6 is 0 Å². The SMILES string of the molecule is CC(C)[C@@H](NC(=O)Cc1ccccc1)C(=O)NCCc1cccc2cccnc12. The molecule has 150 valence electrons. The van der Waals surface area contributed by atoms with Crippen LogP contribution in [0.1, 0.15) is 25.0 Å². The Labute approximate surface area is 171 Å². The minimum Gasteiger partial charge on any atom is -0.354 e. The molecule has 2 N–H and O–H groups in total. The van der Waals surface area contributed by atoms with Gasteiger partial charge in [0.05, 0.1) is 11.9 Å². The first kappa shape index (κ1) is 20.5. The third kappa shape index (κ3) is 5.64. The molecule has 0 aliphatic heterocycles. The van der Waals surface area contributed by atoms with Crippen molar-refractivity contribution in [1.82, 2.24) is 15.6 Å². The highest BCUT2D eigenvalue weighted by Crippen LogP contribution is 2.16. The molecule has 3 rings (SSSR count). The number of aromatic nitrogens is 1. The van der Waals surface area contributed by atoms with Crippen LogP contribution in [0.25, 0.3) is 10.9 Å². The van der Waals surface area contributed by atoms with Crippen LogP contribution in [0.2, 0.25) is 0 Å². The molecule has 2 amide bonds. The Morgan fingerprint density at radius 3 is 2.48 bits per heavy atom. The van der Waals surface area contributed by atoms with E-state index in [0.29, 0.717) is 13.0 Å². The smallest absolute Gasteiger partial charge is 0.242 e. The van der Waals surface area contributed by atoms with Crippen LogP contribution in [-0.4, -0.2) is 29.4 Å². The number of nitrogens with one attached hydrogen (secondary N) is 2. The van der Waals surface area contributed by atoms with Gasteiger partial charge in [-0.25, -0.2) is 0 Å². The van der Waals surface area contributed by atoms with Crippen LogP contribution in [0.3, 0.4) is 0 Å². The van der Waals surface area contributed by atoms with E-state index in [9.17, 15) is 9.59 Å². The minimum atomic E-state index is -0.558. The molecule has 0 bridgehead atoms. The number of para-hydroxylation sites is 1. The predicted molar refractivity (Wildman–Crippen MR) is 115 cm³/mol.